The van der Waals surface area contributed by atoms with Gasteiger partial charge < -0.3 is 20.6 Å². The van der Waals surface area contributed by atoms with Crippen molar-refractivity contribution in [1.29, 1.82) is 0 Å². The van der Waals surface area contributed by atoms with Crippen LogP contribution in [0, 0.1) is 0 Å². The molecule has 0 aliphatic carbocycles. The van der Waals surface area contributed by atoms with Crippen LogP contribution in [0.3, 0.4) is 0 Å². The van der Waals surface area contributed by atoms with E-state index < -0.39 is 6.10 Å². The first-order chi connectivity index (χ1) is 16.0. The molecule has 4 rings (SSSR count). The Bertz CT molecular complexity index is 924. The van der Waals surface area contributed by atoms with Gasteiger partial charge in [-0.05, 0) is 62.4 Å². The second-order valence-corrected chi connectivity index (χ2v) is 9.75. The fourth-order valence-corrected chi connectivity index (χ4v) is 4.93. The smallest absolute Gasteiger partial charge is 0.251 e. The zero-order valence-corrected chi connectivity index (χ0v) is 20.0. The lowest BCUT2D eigenvalue weighted by Crippen LogP contribution is -2.42. The zero-order chi connectivity index (χ0) is 23.2. The number of aliphatic hydroxyl groups excluding tert-OH is 1. The molecule has 1 fully saturated rings. The number of nitrogens with zero attached hydrogens (tertiary/aromatic N) is 2. The maximum absolute atomic E-state index is 12.7. The van der Waals surface area contributed by atoms with Crippen molar-refractivity contribution in [2.45, 2.75) is 57.8 Å². The Morgan fingerprint density at radius 3 is 2.58 bits per heavy atom. The quantitative estimate of drug-likeness (QED) is 0.577. The highest BCUT2D eigenvalue weighted by molar-refractivity contribution is 5.95. The Kier molecular flexibility index (Phi) is 8.02. The van der Waals surface area contributed by atoms with Gasteiger partial charge in [-0.3, -0.25) is 9.69 Å². The topological polar surface area (TPSA) is 67.8 Å². The minimum atomic E-state index is -0.591. The lowest BCUT2D eigenvalue weighted by atomic mass is 10.00. The maximum Gasteiger partial charge on any atom is 0.251 e. The Morgan fingerprint density at radius 2 is 1.82 bits per heavy atom. The number of fused-ring (bicyclic) bond motifs is 1. The van der Waals surface area contributed by atoms with Crippen molar-refractivity contribution in [3.05, 3.63) is 65.2 Å². The molecule has 0 radical (unpaired) electrons. The second-order valence-electron chi connectivity index (χ2n) is 9.75. The molecule has 3 N–H and O–H groups in total. The minimum absolute atomic E-state index is 0.142. The molecule has 2 aliphatic rings. The monoisotopic (exact) mass is 450 g/mol. The summed E-state index contributed by atoms with van der Waals surface area (Å²) in [5.41, 5.74) is 4.34. The number of carbonyl (C=O) groups is 1. The Labute approximate surface area is 198 Å². The summed E-state index contributed by atoms with van der Waals surface area (Å²) in [5, 5.41) is 17.0. The minimum Gasteiger partial charge on any atom is -0.390 e. The van der Waals surface area contributed by atoms with E-state index >= 15 is 0 Å². The highest BCUT2D eigenvalue weighted by Gasteiger charge is 2.21. The molecular formula is C27H38N4O2. The molecule has 6 heteroatoms. The van der Waals surface area contributed by atoms with Gasteiger partial charge in [0.15, 0.2) is 0 Å². The van der Waals surface area contributed by atoms with Crippen LogP contribution in [0.15, 0.2) is 48.5 Å². The van der Waals surface area contributed by atoms with Gasteiger partial charge >= 0.3 is 0 Å². The Balaban J connectivity index is 1.23. The summed E-state index contributed by atoms with van der Waals surface area (Å²) in [6, 6.07) is 17.2. The van der Waals surface area contributed by atoms with Gasteiger partial charge in [0.25, 0.3) is 5.91 Å². The number of piperidine rings is 1. The maximum atomic E-state index is 12.7. The Hall–Kier alpha value is -2.41. The molecular weight excluding hydrogens is 412 g/mol. The highest BCUT2D eigenvalue weighted by Crippen LogP contribution is 2.20. The number of hydrogen-bond acceptors (Lipinski definition) is 5. The summed E-state index contributed by atoms with van der Waals surface area (Å²) in [5.74, 6) is -0.142. The summed E-state index contributed by atoms with van der Waals surface area (Å²) < 4.78 is 0. The van der Waals surface area contributed by atoms with Crippen LogP contribution in [-0.2, 0) is 13.0 Å². The highest BCUT2D eigenvalue weighted by atomic mass is 16.3. The number of amides is 1. The van der Waals surface area contributed by atoms with E-state index in [4.69, 9.17) is 0 Å². The summed E-state index contributed by atoms with van der Waals surface area (Å²) >= 11 is 0. The molecule has 2 aromatic rings. The number of carbonyl (C=O) groups excluding carboxylic acids is 1. The van der Waals surface area contributed by atoms with Crippen molar-refractivity contribution in [3.63, 3.8) is 0 Å². The molecule has 1 saturated heterocycles. The van der Waals surface area contributed by atoms with Gasteiger partial charge in [-0.25, -0.2) is 0 Å². The van der Waals surface area contributed by atoms with Gasteiger partial charge in [0, 0.05) is 62.6 Å². The van der Waals surface area contributed by atoms with Gasteiger partial charge in [-0.2, -0.15) is 0 Å². The third-order valence-corrected chi connectivity index (χ3v) is 6.93. The van der Waals surface area contributed by atoms with Crippen LogP contribution < -0.4 is 10.6 Å². The van der Waals surface area contributed by atoms with Gasteiger partial charge in [0.05, 0.1) is 6.10 Å². The molecule has 6 nitrogen and oxygen atoms in total. The number of rotatable bonds is 8. The largest absolute Gasteiger partial charge is 0.390 e. The van der Waals surface area contributed by atoms with Crippen molar-refractivity contribution < 1.29 is 9.90 Å². The molecule has 0 spiro atoms. The molecule has 33 heavy (non-hydrogen) atoms. The number of anilines is 1. The van der Waals surface area contributed by atoms with Crippen molar-refractivity contribution >= 4 is 11.6 Å². The number of likely N-dealkylation sites (tertiary alicyclic amines) is 1. The average Bonchev–Trinajstić information content (AvgIpc) is 2.83. The first kappa shape index (κ1) is 23.7. The lowest BCUT2D eigenvalue weighted by molar-refractivity contribution is 0.0842. The Morgan fingerprint density at radius 1 is 1.06 bits per heavy atom. The van der Waals surface area contributed by atoms with Crippen molar-refractivity contribution in [1.82, 2.24) is 15.1 Å². The van der Waals surface area contributed by atoms with Crippen LogP contribution in [0.4, 0.5) is 5.69 Å². The summed E-state index contributed by atoms with van der Waals surface area (Å²) in [6.45, 7) is 9.31. The van der Waals surface area contributed by atoms with Crippen LogP contribution in [-0.4, -0.2) is 71.7 Å². The van der Waals surface area contributed by atoms with Crippen LogP contribution >= 0.6 is 0 Å². The molecule has 2 aliphatic heterocycles. The van der Waals surface area contributed by atoms with Crippen molar-refractivity contribution in [2.75, 3.05) is 38.0 Å². The molecule has 1 atom stereocenters. The van der Waals surface area contributed by atoms with Crippen LogP contribution in [0.1, 0.15) is 48.2 Å². The van der Waals surface area contributed by atoms with Gasteiger partial charge in [-0.1, -0.05) is 30.3 Å². The number of benzene rings is 2. The van der Waals surface area contributed by atoms with E-state index in [1.54, 1.807) is 0 Å². The normalized spacial score (nSPS) is 18.7. The third-order valence-electron chi connectivity index (χ3n) is 6.93. The average molecular weight is 451 g/mol. The van der Waals surface area contributed by atoms with E-state index in [0.29, 0.717) is 24.2 Å². The summed E-state index contributed by atoms with van der Waals surface area (Å²) in [7, 11) is 0. The predicted molar refractivity (Wildman–Crippen MR) is 134 cm³/mol. The number of nitrogens with one attached hydrogen (secondary N) is 2. The van der Waals surface area contributed by atoms with Crippen LogP contribution in [0.25, 0.3) is 0 Å². The lowest BCUT2D eigenvalue weighted by Gasteiger charge is -2.35. The second kappa shape index (κ2) is 11.1. The SMILES string of the molecule is CC(C)N1CCC(Nc2cccc(C(=O)NCC(O)CN3CCc4ccccc4C3)c2)CC1. The molecule has 2 heterocycles. The number of β-amino-alcohol motifs (C(OH)–C–C–N with tert-alkyl or cyclic N) is 1. The van der Waals surface area contributed by atoms with Crippen molar-refractivity contribution in [3.8, 4) is 0 Å². The van der Waals surface area contributed by atoms with Gasteiger partial charge in [0.2, 0.25) is 0 Å². The standard InChI is InChI=1S/C27H38N4O2/c1-20(2)31-14-11-24(12-15-31)29-25-9-5-8-22(16-25)27(33)28-17-26(32)19-30-13-10-21-6-3-4-7-23(21)18-30/h3-9,16,20,24,26,29,32H,10-15,17-19H2,1-2H3,(H,28,33). The fraction of sp³-hybridized carbons (Fsp3) is 0.519. The molecule has 178 valence electrons. The van der Waals surface area contributed by atoms with Crippen LogP contribution in [0.5, 0.6) is 0 Å². The molecule has 1 amide bonds. The van der Waals surface area contributed by atoms with Gasteiger partial charge in [-0.15, -0.1) is 0 Å². The van der Waals surface area contributed by atoms with E-state index in [-0.39, 0.29) is 12.5 Å². The molecule has 2 aromatic carbocycles. The van der Waals surface area contributed by atoms with E-state index in [9.17, 15) is 9.90 Å². The zero-order valence-electron chi connectivity index (χ0n) is 20.0. The van der Waals surface area contributed by atoms with E-state index in [1.165, 1.54) is 11.1 Å². The summed E-state index contributed by atoms with van der Waals surface area (Å²) in [6.07, 6.45) is 2.64. The van der Waals surface area contributed by atoms with Crippen LogP contribution in [0.2, 0.25) is 0 Å². The first-order valence-corrected chi connectivity index (χ1v) is 12.3. The third kappa shape index (κ3) is 6.56. The van der Waals surface area contributed by atoms with Gasteiger partial charge in [0.1, 0.15) is 0 Å². The number of aliphatic hydroxyl groups is 1. The van der Waals surface area contributed by atoms with E-state index in [0.717, 1.165) is 51.1 Å². The fourth-order valence-electron chi connectivity index (χ4n) is 4.93. The molecule has 1 unspecified atom stereocenters. The van der Waals surface area contributed by atoms with E-state index in [2.05, 4.69) is 58.5 Å². The molecule has 0 bridgehead atoms. The van der Waals surface area contributed by atoms with Crippen molar-refractivity contribution in [2.24, 2.45) is 0 Å². The number of hydrogen-bond donors (Lipinski definition) is 3. The molecule has 0 saturated carbocycles. The molecule has 0 aromatic heterocycles. The first-order valence-electron chi connectivity index (χ1n) is 12.3. The predicted octanol–water partition coefficient (Wildman–Crippen LogP) is 3.12. The van der Waals surface area contributed by atoms with E-state index in [1.807, 2.05) is 24.3 Å². The summed E-state index contributed by atoms with van der Waals surface area (Å²) in [4.78, 5) is 17.5.